The molecule has 1 aromatic carbocycles. The van der Waals surface area contributed by atoms with Crippen molar-refractivity contribution >= 4 is 23.4 Å². The van der Waals surface area contributed by atoms with E-state index in [-0.39, 0.29) is 47.7 Å². The Bertz CT molecular complexity index is 1040. The number of rotatable bonds is 10. The predicted octanol–water partition coefficient (Wildman–Crippen LogP) is 4.44. The normalized spacial score (nSPS) is 18.2. The molecule has 7 heteroatoms. The van der Waals surface area contributed by atoms with Crippen LogP contribution in [0, 0.1) is 24.2 Å². The van der Waals surface area contributed by atoms with Gasteiger partial charge in [0.05, 0.1) is 12.1 Å². The maximum atomic E-state index is 13.7. The second kappa shape index (κ2) is 14.2. The number of hydrogen-bond acceptors (Lipinski definition) is 4. The van der Waals surface area contributed by atoms with Crippen LogP contribution in [0.25, 0.3) is 0 Å². The average Bonchev–Trinajstić information content (AvgIpc) is 2.89. The molecule has 1 aromatic rings. The number of nitrogens with zero attached hydrogens (tertiary/aromatic N) is 2. The van der Waals surface area contributed by atoms with E-state index in [9.17, 15) is 14.4 Å². The van der Waals surface area contributed by atoms with Crippen molar-refractivity contribution in [2.45, 2.75) is 91.9 Å². The van der Waals surface area contributed by atoms with Crippen LogP contribution >= 0.6 is 0 Å². The molecule has 38 heavy (non-hydrogen) atoms. The first-order chi connectivity index (χ1) is 17.9. The fraction of sp³-hybridized carbons (Fsp3) is 0.581. The number of nitrogens with one attached hydrogen (secondary N) is 2. The Labute approximate surface area is 229 Å². The van der Waals surface area contributed by atoms with Crippen LogP contribution < -0.4 is 10.6 Å². The molecule has 0 aromatic heterocycles. The molecular formula is C31H46N4O3. The van der Waals surface area contributed by atoms with Gasteiger partial charge in [-0.2, -0.15) is 0 Å². The van der Waals surface area contributed by atoms with Crippen LogP contribution in [0.1, 0.15) is 73.3 Å². The molecule has 0 aliphatic carbocycles. The molecule has 1 saturated heterocycles. The molecular weight excluding hydrogens is 476 g/mol. The van der Waals surface area contributed by atoms with Gasteiger partial charge in [-0.25, -0.2) is 0 Å². The highest BCUT2D eigenvalue weighted by Gasteiger charge is 2.36. The second-order valence-corrected chi connectivity index (χ2v) is 11.3. The van der Waals surface area contributed by atoms with Crippen molar-refractivity contribution in [1.82, 2.24) is 15.1 Å². The topological polar surface area (TPSA) is 81.8 Å². The van der Waals surface area contributed by atoms with Crippen molar-refractivity contribution in [2.24, 2.45) is 11.8 Å². The highest BCUT2D eigenvalue weighted by Crippen LogP contribution is 2.22. The number of likely N-dealkylation sites (tertiary alicyclic amines) is 1. The van der Waals surface area contributed by atoms with Crippen LogP contribution in [0.4, 0.5) is 5.69 Å². The van der Waals surface area contributed by atoms with E-state index in [0.717, 1.165) is 31.4 Å². The zero-order chi connectivity index (χ0) is 28.6. The number of amides is 3. The van der Waals surface area contributed by atoms with Gasteiger partial charge in [0.2, 0.25) is 11.8 Å². The second-order valence-electron chi connectivity index (χ2n) is 11.3. The molecule has 1 heterocycles. The summed E-state index contributed by atoms with van der Waals surface area (Å²) >= 11 is 0. The smallest absolute Gasteiger partial charge is 0.251 e. The number of hydrogen-bond donors (Lipinski definition) is 2. The summed E-state index contributed by atoms with van der Waals surface area (Å²) < 4.78 is 0. The lowest BCUT2D eigenvalue weighted by molar-refractivity contribution is -0.140. The minimum absolute atomic E-state index is 0.0555. The quantitative estimate of drug-likeness (QED) is 0.352. The summed E-state index contributed by atoms with van der Waals surface area (Å²) in [5.41, 5.74) is 1.89. The standard InChI is InChI=1S/C31H46N4O3/c1-10-24-14-16-25(17-15-24)32-29(36)23(8)19-27(20(2)3)34(9)31(38)28(21(4)5)33-30(37)26-13-11-12-18-35(26)22(6)7/h1,14-17,19-22,26-28H,11-13,18H2,2-9H3,(H,32,36)(H,33,37)/t26-,27-,28+/m1/s1. The van der Waals surface area contributed by atoms with Crippen molar-refractivity contribution in [3.63, 3.8) is 0 Å². The molecule has 0 radical (unpaired) electrons. The molecule has 3 atom stereocenters. The van der Waals surface area contributed by atoms with Gasteiger partial charge >= 0.3 is 0 Å². The van der Waals surface area contributed by atoms with Crippen molar-refractivity contribution in [3.8, 4) is 12.3 Å². The first-order valence-electron chi connectivity index (χ1n) is 13.8. The number of likely N-dealkylation sites (N-methyl/N-ethyl adjacent to an activating group) is 1. The molecule has 0 bridgehead atoms. The Morgan fingerprint density at radius 1 is 1.05 bits per heavy atom. The number of piperidine rings is 1. The van der Waals surface area contributed by atoms with Crippen LogP contribution in [0.3, 0.4) is 0 Å². The molecule has 3 amide bonds. The first-order valence-corrected chi connectivity index (χ1v) is 13.8. The molecule has 0 spiro atoms. The van der Waals surface area contributed by atoms with Crippen molar-refractivity contribution in [1.29, 1.82) is 0 Å². The molecule has 1 fully saturated rings. The highest BCUT2D eigenvalue weighted by atomic mass is 16.2. The van der Waals surface area contributed by atoms with E-state index in [4.69, 9.17) is 6.42 Å². The molecule has 7 nitrogen and oxygen atoms in total. The van der Waals surface area contributed by atoms with Gasteiger partial charge in [0.25, 0.3) is 5.91 Å². The molecule has 0 saturated carbocycles. The van der Waals surface area contributed by atoms with E-state index in [2.05, 4.69) is 35.3 Å². The third kappa shape index (κ3) is 8.19. The van der Waals surface area contributed by atoms with Crippen LogP contribution in [0.2, 0.25) is 0 Å². The summed E-state index contributed by atoms with van der Waals surface area (Å²) in [6.45, 7) is 14.8. The van der Waals surface area contributed by atoms with E-state index < -0.39 is 6.04 Å². The fourth-order valence-electron chi connectivity index (χ4n) is 4.95. The Morgan fingerprint density at radius 3 is 2.21 bits per heavy atom. The van der Waals surface area contributed by atoms with Crippen molar-refractivity contribution < 1.29 is 14.4 Å². The summed E-state index contributed by atoms with van der Waals surface area (Å²) in [7, 11) is 1.75. The van der Waals surface area contributed by atoms with Gasteiger partial charge in [-0.05, 0) is 76.3 Å². The van der Waals surface area contributed by atoms with Gasteiger partial charge in [-0.1, -0.05) is 46.1 Å². The summed E-state index contributed by atoms with van der Waals surface area (Å²) in [5, 5.41) is 5.96. The minimum atomic E-state index is -0.651. The third-order valence-corrected chi connectivity index (χ3v) is 7.31. The number of anilines is 1. The van der Waals surface area contributed by atoms with Gasteiger partial charge in [0, 0.05) is 29.9 Å². The molecule has 2 N–H and O–H groups in total. The summed E-state index contributed by atoms with van der Waals surface area (Å²) in [5.74, 6) is 2.04. The maximum absolute atomic E-state index is 13.7. The average molecular weight is 523 g/mol. The van der Waals surface area contributed by atoms with Gasteiger partial charge in [0.15, 0.2) is 0 Å². The Hall–Kier alpha value is -3.11. The van der Waals surface area contributed by atoms with E-state index in [1.165, 1.54) is 0 Å². The maximum Gasteiger partial charge on any atom is 0.251 e. The number of carbonyl (C=O) groups excluding carboxylic acids is 3. The summed E-state index contributed by atoms with van der Waals surface area (Å²) in [4.78, 5) is 43.8. The largest absolute Gasteiger partial charge is 0.343 e. The zero-order valence-electron chi connectivity index (χ0n) is 24.4. The van der Waals surface area contributed by atoms with Crippen LogP contribution in [0.15, 0.2) is 35.9 Å². The Balaban J connectivity index is 2.18. The lowest BCUT2D eigenvalue weighted by Gasteiger charge is -2.39. The molecule has 208 valence electrons. The fourth-order valence-corrected chi connectivity index (χ4v) is 4.95. The first kappa shape index (κ1) is 31.1. The lowest BCUT2D eigenvalue weighted by Crippen LogP contribution is -2.58. The van der Waals surface area contributed by atoms with E-state index in [1.807, 2.05) is 33.8 Å². The van der Waals surface area contributed by atoms with Gasteiger partial charge < -0.3 is 15.5 Å². The SMILES string of the molecule is C#Cc1ccc(NC(=O)C(C)=C[C@H](C(C)C)N(C)C(=O)[C@@H](NC(=O)[C@H]2CCCCN2C(C)C)C(C)C)cc1. The number of terminal acetylenes is 1. The molecule has 1 aliphatic rings. The Morgan fingerprint density at radius 2 is 1.68 bits per heavy atom. The third-order valence-electron chi connectivity index (χ3n) is 7.31. The van der Waals surface area contributed by atoms with E-state index >= 15 is 0 Å². The van der Waals surface area contributed by atoms with Crippen LogP contribution in [0.5, 0.6) is 0 Å². The van der Waals surface area contributed by atoms with Crippen LogP contribution in [-0.4, -0.2) is 65.3 Å². The van der Waals surface area contributed by atoms with E-state index in [0.29, 0.717) is 11.3 Å². The molecule has 2 rings (SSSR count). The van der Waals surface area contributed by atoms with Crippen molar-refractivity contribution in [2.75, 3.05) is 18.9 Å². The lowest BCUT2D eigenvalue weighted by atomic mass is 9.95. The summed E-state index contributed by atoms with van der Waals surface area (Å²) in [6.07, 6.45) is 10.1. The monoisotopic (exact) mass is 522 g/mol. The van der Waals surface area contributed by atoms with Crippen LogP contribution in [-0.2, 0) is 14.4 Å². The minimum Gasteiger partial charge on any atom is -0.343 e. The number of benzene rings is 1. The van der Waals surface area contributed by atoms with Gasteiger partial charge in [0.1, 0.15) is 6.04 Å². The zero-order valence-corrected chi connectivity index (χ0v) is 24.4. The van der Waals surface area contributed by atoms with Crippen molar-refractivity contribution in [3.05, 3.63) is 41.5 Å². The van der Waals surface area contributed by atoms with Gasteiger partial charge in [-0.15, -0.1) is 6.42 Å². The predicted molar refractivity (Wildman–Crippen MR) is 154 cm³/mol. The highest BCUT2D eigenvalue weighted by molar-refractivity contribution is 6.03. The molecule has 0 unspecified atom stereocenters. The number of carbonyl (C=O) groups is 3. The Kier molecular flexibility index (Phi) is 11.6. The van der Waals surface area contributed by atoms with E-state index in [1.54, 1.807) is 43.1 Å². The van der Waals surface area contributed by atoms with Gasteiger partial charge in [-0.3, -0.25) is 19.3 Å². The summed E-state index contributed by atoms with van der Waals surface area (Å²) in [6, 6.07) is 6.14. The molecule has 1 aliphatic heterocycles.